The molecule has 0 unspecified atom stereocenters. The molecule has 2 bridgehead atoms. The molecule has 5 heterocycles. The Balaban J connectivity index is 1.35. The van der Waals surface area contributed by atoms with E-state index in [0.717, 1.165) is 25.7 Å². The van der Waals surface area contributed by atoms with Crippen LogP contribution in [0, 0.1) is 0 Å². The zero-order valence-corrected chi connectivity index (χ0v) is 16.7. The van der Waals surface area contributed by atoms with Gasteiger partial charge in [0.1, 0.15) is 29.9 Å². The van der Waals surface area contributed by atoms with Gasteiger partial charge in [0.25, 0.3) is 0 Å². The van der Waals surface area contributed by atoms with Crippen molar-refractivity contribution in [2.24, 2.45) is 0 Å². The van der Waals surface area contributed by atoms with Gasteiger partial charge in [-0.1, -0.05) is 6.42 Å². The van der Waals surface area contributed by atoms with Crippen molar-refractivity contribution in [2.45, 2.75) is 50.0 Å². The second-order valence-electron chi connectivity index (χ2n) is 8.05. The quantitative estimate of drug-likeness (QED) is 0.684. The van der Waals surface area contributed by atoms with Gasteiger partial charge < -0.3 is 15.3 Å². The number of piperidine rings is 2. The van der Waals surface area contributed by atoms with Crippen molar-refractivity contribution < 1.29 is 9.50 Å². The number of aromatic hydroxyl groups is 1. The number of aromatic nitrogens is 5. The van der Waals surface area contributed by atoms with E-state index in [1.165, 1.54) is 0 Å². The molecule has 156 valence electrons. The summed E-state index contributed by atoms with van der Waals surface area (Å²) in [6, 6.07) is 1.63. The third-order valence-electron chi connectivity index (χ3n) is 6.21. The maximum atomic E-state index is 15.0. The fraction of sp³-hybridized carbons (Fsp3) is 0.429. The van der Waals surface area contributed by atoms with Crippen molar-refractivity contribution >= 4 is 5.82 Å². The fourth-order valence-electron chi connectivity index (χ4n) is 4.53. The first-order valence-corrected chi connectivity index (χ1v) is 10.2. The lowest BCUT2D eigenvalue weighted by Crippen LogP contribution is -2.61. The number of halogens is 1. The molecule has 2 fully saturated rings. The summed E-state index contributed by atoms with van der Waals surface area (Å²) in [5.74, 6) is 1.23. The third kappa shape index (κ3) is 3.39. The first-order chi connectivity index (χ1) is 14.6. The van der Waals surface area contributed by atoms with Crippen LogP contribution in [0.4, 0.5) is 10.2 Å². The Bertz CT molecular complexity index is 1010. The molecule has 0 radical (unpaired) electrons. The summed E-state index contributed by atoms with van der Waals surface area (Å²) in [4.78, 5) is 19.2. The maximum absolute atomic E-state index is 15.0. The van der Waals surface area contributed by atoms with E-state index >= 15 is 4.39 Å². The van der Waals surface area contributed by atoms with E-state index in [-0.39, 0.29) is 17.8 Å². The molecule has 0 aliphatic carbocycles. The molecular weight excluding hydrogens is 385 g/mol. The molecular formula is C21H24FN7O. The van der Waals surface area contributed by atoms with Gasteiger partial charge in [0.15, 0.2) is 0 Å². The monoisotopic (exact) mass is 409 g/mol. The van der Waals surface area contributed by atoms with Gasteiger partial charge in [-0.05, 0) is 19.3 Å². The van der Waals surface area contributed by atoms with Gasteiger partial charge in [-0.15, -0.1) is 0 Å². The molecule has 8 nitrogen and oxygen atoms in total. The SMILES string of the molecule is CN(c1cnc(-c2cnc(-n3ccnc3)cc2O)cn1)[C@@H]1C[C@H]2CCC[C@H](N2)[C@H]1F. The van der Waals surface area contributed by atoms with E-state index in [9.17, 15) is 5.11 Å². The minimum atomic E-state index is -0.933. The lowest BCUT2D eigenvalue weighted by atomic mass is 9.82. The molecule has 0 saturated carbocycles. The Hall–Kier alpha value is -3.07. The first-order valence-electron chi connectivity index (χ1n) is 10.2. The van der Waals surface area contributed by atoms with Crippen LogP contribution in [0.5, 0.6) is 5.75 Å². The van der Waals surface area contributed by atoms with E-state index in [2.05, 4.69) is 25.3 Å². The van der Waals surface area contributed by atoms with Gasteiger partial charge in [0.2, 0.25) is 0 Å². The molecule has 30 heavy (non-hydrogen) atoms. The summed E-state index contributed by atoms with van der Waals surface area (Å²) in [6.45, 7) is 0. The van der Waals surface area contributed by atoms with E-state index < -0.39 is 6.17 Å². The average Bonchev–Trinajstić information content (AvgIpc) is 3.31. The topological polar surface area (TPSA) is 92.0 Å². The van der Waals surface area contributed by atoms with E-state index in [1.54, 1.807) is 47.9 Å². The Morgan fingerprint density at radius 1 is 1.20 bits per heavy atom. The lowest BCUT2D eigenvalue weighted by molar-refractivity contribution is 0.107. The second-order valence-corrected chi connectivity index (χ2v) is 8.05. The number of rotatable bonds is 4. The van der Waals surface area contributed by atoms with Gasteiger partial charge >= 0.3 is 0 Å². The normalized spacial score (nSPS) is 25.8. The van der Waals surface area contributed by atoms with Crippen molar-refractivity contribution in [3.05, 3.63) is 43.4 Å². The highest BCUT2D eigenvalue weighted by atomic mass is 19.1. The van der Waals surface area contributed by atoms with Crippen LogP contribution in [0.25, 0.3) is 17.1 Å². The van der Waals surface area contributed by atoms with Crippen molar-refractivity contribution in [2.75, 3.05) is 11.9 Å². The third-order valence-corrected chi connectivity index (χ3v) is 6.21. The summed E-state index contributed by atoms with van der Waals surface area (Å²) < 4.78 is 16.7. The summed E-state index contributed by atoms with van der Waals surface area (Å²) in [5.41, 5.74) is 0.994. The van der Waals surface area contributed by atoms with Crippen molar-refractivity contribution in [3.8, 4) is 22.8 Å². The Morgan fingerprint density at radius 2 is 2.10 bits per heavy atom. The molecule has 2 aliphatic heterocycles. The molecule has 9 heteroatoms. The minimum Gasteiger partial charge on any atom is -0.507 e. The fourth-order valence-corrected chi connectivity index (χ4v) is 4.53. The van der Waals surface area contributed by atoms with Gasteiger partial charge in [-0.3, -0.25) is 9.55 Å². The lowest BCUT2D eigenvalue weighted by Gasteiger charge is -2.46. The largest absolute Gasteiger partial charge is 0.507 e. The molecule has 2 saturated heterocycles. The van der Waals surface area contributed by atoms with Crippen LogP contribution in [0.2, 0.25) is 0 Å². The number of fused-ring (bicyclic) bond motifs is 2. The minimum absolute atomic E-state index is 0.0547. The van der Waals surface area contributed by atoms with Crippen LogP contribution in [-0.4, -0.2) is 61.0 Å². The van der Waals surface area contributed by atoms with Crippen molar-refractivity contribution in [3.63, 3.8) is 0 Å². The standard InChI is InChI=1S/C21H24FN7O/c1-28(17-7-13-3-2-4-15(27-13)21(17)22)20-11-24-16(10-26-20)14-9-25-19(8-18(14)30)29-6-5-23-12-29/h5-6,8-13,15,17,21,27H,2-4,7H2,1H3,(H,25,30)/t13-,15+,17-,21-/m1/s1. The van der Waals surface area contributed by atoms with E-state index in [4.69, 9.17) is 0 Å². The van der Waals surface area contributed by atoms with Crippen LogP contribution in [-0.2, 0) is 0 Å². The van der Waals surface area contributed by atoms with Crippen LogP contribution < -0.4 is 10.2 Å². The highest BCUT2D eigenvalue weighted by Crippen LogP contribution is 2.33. The highest BCUT2D eigenvalue weighted by Gasteiger charge is 2.41. The Morgan fingerprint density at radius 3 is 2.83 bits per heavy atom. The average molecular weight is 409 g/mol. The number of alkyl halides is 1. The molecule has 4 atom stereocenters. The molecule has 0 spiro atoms. The number of pyridine rings is 1. The van der Waals surface area contributed by atoms with Gasteiger partial charge in [0, 0.05) is 43.8 Å². The van der Waals surface area contributed by atoms with Crippen molar-refractivity contribution in [1.82, 2.24) is 29.8 Å². The highest BCUT2D eigenvalue weighted by molar-refractivity contribution is 5.66. The van der Waals surface area contributed by atoms with Crippen molar-refractivity contribution in [1.29, 1.82) is 0 Å². The van der Waals surface area contributed by atoms with Crippen LogP contribution >= 0.6 is 0 Å². The molecule has 0 aromatic carbocycles. The van der Waals surface area contributed by atoms with Gasteiger partial charge in [-0.2, -0.15) is 0 Å². The van der Waals surface area contributed by atoms with Crippen LogP contribution in [0.3, 0.4) is 0 Å². The zero-order chi connectivity index (χ0) is 20.7. The smallest absolute Gasteiger partial charge is 0.147 e. The summed E-state index contributed by atoms with van der Waals surface area (Å²) in [6.07, 6.45) is 12.7. The number of nitrogens with one attached hydrogen (secondary N) is 1. The molecule has 2 aliphatic rings. The number of hydrogen-bond donors (Lipinski definition) is 2. The summed E-state index contributed by atoms with van der Waals surface area (Å²) in [5, 5.41) is 13.9. The van der Waals surface area contributed by atoms with E-state index in [0.29, 0.717) is 28.9 Å². The number of nitrogens with zero attached hydrogens (tertiary/aromatic N) is 6. The molecule has 5 rings (SSSR count). The second kappa shape index (κ2) is 7.64. The Labute approximate surface area is 173 Å². The summed E-state index contributed by atoms with van der Waals surface area (Å²) in [7, 11) is 1.88. The number of imidazole rings is 1. The van der Waals surface area contributed by atoms with Crippen LogP contribution in [0.15, 0.2) is 43.4 Å². The van der Waals surface area contributed by atoms with Gasteiger partial charge in [-0.25, -0.2) is 19.3 Å². The number of anilines is 1. The molecule has 3 aromatic rings. The van der Waals surface area contributed by atoms with Crippen LogP contribution in [0.1, 0.15) is 25.7 Å². The number of hydrogen-bond acceptors (Lipinski definition) is 7. The molecule has 2 N–H and O–H groups in total. The van der Waals surface area contributed by atoms with Gasteiger partial charge in [0.05, 0.1) is 29.7 Å². The summed E-state index contributed by atoms with van der Waals surface area (Å²) >= 11 is 0. The molecule has 3 aromatic heterocycles. The Kier molecular flexibility index (Phi) is 4.82. The van der Waals surface area contributed by atoms with E-state index in [1.807, 2.05) is 11.9 Å². The first kappa shape index (κ1) is 18.9. The molecule has 0 amide bonds. The zero-order valence-electron chi connectivity index (χ0n) is 16.7. The maximum Gasteiger partial charge on any atom is 0.147 e. The predicted octanol–water partition coefficient (Wildman–Crippen LogP) is 2.49. The predicted molar refractivity (Wildman–Crippen MR) is 110 cm³/mol.